The first-order valence-electron chi connectivity index (χ1n) is 26.3. The van der Waals surface area contributed by atoms with Gasteiger partial charge in [0.1, 0.15) is 5.82 Å². The van der Waals surface area contributed by atoms with Gasteiger partial charge >= 0.3 is 0 Å². The highest BCUT2D eigenvalue weighted by Gasteiger charge is 2.52. The monoisotopic (exact) mass is 967 g/mol. The second kappa shape index (κ2) is 17.4. The summed E-state index contributed by atoms with van der Waals surface area (Å²) in [4.78, 5) is 7.70. The van der Waals surface area contributed by atoms with Crippen molar-refractivity contribution in [2.75, 3.05) is 4.90 Å². The number of hydrogen-bond donors (Lipinski definition) is 0. The van der Waals surface area contributed by atoms with Gasteiger partial charge in [0.25, 0.3) is 0 Å². The molecule has 0 saturated heterocycles. The van der Waals surface area contributed by atoms with E-state index in [1.807, 2.05) is 0 Å². The van der Waals surface area contributed by atoms with E-state index in [9.17, 15) is 0 Å². The van der Waals surface area contributed by atoms with Gasteiger partial charge < -0.3 is 4.90 Å². The normalized spacial score (nSPS) is 14.3. The molecule has 12 aromatic rings. The summed E-state index contributed by atoms with van der Waals surface area (Å²) in [7, 11) is 0. The van der Waals surface area contributed by atoms with Crippen LogP contribution in [0.15, 0.2) is 279 Å². The summed E-state index contributed by atoms with van der Waals surface area (Å²) in [5.74, 6) is 0.908. The Bertz CT molecular complexity index is 4350. The lowest BCUT2D eigenvalue weighted by Crippen LogP contribution is -2.36. The Morgan fingerprint density at radius 3 is 1.86 bits per heavy atom. The molecule has 0 amide bonds. The molecule has 11 aromatic carbocycles. The van der Waals surface area contributed by atoms with Gasteiger partial charge in [-0.15, -0.1) is 0 Å². The van der Waals surface area contributed by atoms with Gasteiger partial charge in [-0.05, 0) is 179 Å². The molecule has 0 N–H and O–H groups in total. The fourth-order valence-corrected chi connectivity index (χ4v) is 12.8. The molecule has 2 aliphatic carbocycles. The second-order valence-corrected chi connectivity index (χ2v) is 20.3. The van der Waals surface area contributed by atoms with Crippen molar-refractivity contribution >= 4 is 61.3 Å². The number of para-hydroxylation sites is 5. The summed E-state index contributed by atoms with van der Waals surface area (Å²) in [5.41, 5.74) is 22.4. The van der Waals surface area contributed by atoms with Crippen LogP contribution in [-0.4, -0.2) is 9.55 Å². The third kappa shape index (κ3) is 6.65. The van der Waals surface area contributed by atoms with Gasteiger partial charge in [-0.1, -0.05) is 201 Å². The first-order chi connectivity index (χ1) is 37.6. The maximum absolute atomic E-state index is 5.23. The fourth-order valence-electron chi connectivity index (χ4n) is 12.8. The molecule has 0 unspecified atom stereocenters. The highest BCUT2D eigenvalue weighted by atomic mass is 15.2. The van der Waals surface area contributed by atoms with Crippen molar-refractivity contribution in [2.45, 2.75) is 11.8 Å². The molecule has 1 aliphatic heterocycles. The van der Waals surface area contributed by atoms with E-state index < -0.39 is 5.41 Å². The van der Waals surface area contributed by atoms with Crippen LogP contribution in [-0.2, 0) is 5.41 Å². The quantitative estimate of drug-likeness (QED) is 0.148. The van der Waals surface area contributed by atoms with E-state index in [1.165, 1.54) is 77.2 Å². The smallest absolute Gasteiger partial charge is 0.145 e. The van der Waals surface area contributed by atoms with Crippen LogP contribution in [0, 0.1) is 0 Å². The van der Waals surface area contributed by atoms with Crippen molar-refractivity contribution in [2.24, 2.45) is 0 Å². The van der Waals surface area contributed by atoms with Crippen molar-refractivity contribution in [1.29, 1.82) is 0 Å². The number of benzene rings is 11. The van der Waals surface area contributed by atoms with E-state index in [1.54, 1.807) is 0 Å². The van der Waals surface area contributed by atoms with Crippen molar-refractivity contribution in [3.63, 3.8) is 0 Å². The first-order valence-corrected chi connectivity index (χ1v) is 26.3. The summed E-state index contributed by atoms with van der Waals surface area (Å²) in [6.07, 6.45) is 11.9. The average Bonchev–Trinajstić information content (AvgIpc) is 4.07. The molecule has 1 aromatic heterocycles. The summed E-state index contributed by atoms with van der Waals surface area (Å²) in [6, 6.07) is 89.4. The van der Waals surface area contributed by atoms with Crippen molar-refractivity contribution in [3.05, 3.63) is 318 Å². The molecular formula is C73H49N3. The van der Waals surface area contributed by atoms with Crippen LogP contribution in [0.4, 0.5) is 17.1 Å². The number of fused-ring (bicyclic) bond motifs is 12. The van der Waals surface area contributed by atoms with Crippen LogP contribution in [0.5, 0.6) is 0 Å². The van der Waals surface area contributed by atoms with Gasteiger partial charge in [0, 0.05) is 16.9 Å². The molecular weight excluding hydrogens is 919 g/mol. The first kappa shape index (κ1) is 43.7. The Balaban J connectivity index is 0.947. The van der Waals surface area contributed by atoms with Gasteiger partial charge in [-0.2, -0.15) is 0 Å². The molecule has 1 spiro atoms. The van der Waals surface area contributed by atoms with Crippen LogP contribution in [0.25, 0.3) is 83.6 Å². The molecule has 0 bridgehead atoms. The topological polar surface area (TPSA) is 21.1 Å². The molecule has 3 heteroatoms. The Hall–Kier alpha value is -9.83. The van der Waals surface area contributed by atoms with E-state index in [-0.39, 0.29) is 0 Å². The highest BCUT2D eigenvalue weighted by Crippen LogP contribution is 2.64. The standard InChI is InChI=1S/C73H49N3/c1-48(58-27-11-8-22-52(58)44-49-20-4-2-5-21-49)51-38-42-61-62-43-39-55(71-59-28-12-9-23-53(59)45-54-24-10-13-29-60(54)71)47-66(62)73(65(61)46-51)63-30-14-17-33-68(63)75(69-34-18-15-31-64(69)73)57-40-36-50(37-41-57)72-74-67-32-16-19-35-70(67)76(72)56-25-6-3-7-26-56/h2-20,22-47H,1,21H2/b49-44-. The van der Waals surface area contributed by atoms with E-state index in [4.69, 9.17) is 11.6 Å². The van der Waals surface area contributed by atoms with E-state index in [0.29, 0.717) is 0 Å². The highest BCUT2D eigenvalue weighted by molar-refractivity contribution is 6.13. The van der Waals surface area contributed by atoms with Crippen LogP contribution in [0.1, 0.15) is 45.4 Å². The zero-order chi connectivity index (χ0) is 50.3. The van der Waals surface area contributed by atoms with Crippen molar-refractivity contribution in [1.82, 2.24) is 9.55 Å². The Kier molecular flexibility index (Phi) is 10.0. The molecule has 15 rings (SSSR count). The van der Waals surface area contributed by atoms with E-state index in [0.717, 1.165) is 68.3 Å². The minimum absolute atomic E-state index is 0.706. The number of anilines is 3. The van der Waals surface area contributed by atoms with Crippen LogP contribution < -0.4 is 4.90 Å². The molecule has 3 aliphatic rings. The van der Waals surface area contributed by atoms with Crippen LogP contribution >= 0.6 is 0 Å². The predicted molar refractivity (Wildman–Crippen MR) is 318 cm³/mol. The molecule has 76 heavy (non-hydrogen) atoms. The zero-order valence-corrected chi connectivity index (χ0v) is 41.7. The predicted octanol–water partition coefficient (Wildman–Crippen LogP) is 18.8. The van der Waals surface area contributed by atoms with Crippen LogP contribution in [0.3, 0.4) is 0 Å². The van der Waals surface area contributed by atoms with Crippen LogP contribution in [0.2, 0.25) is 0 Å². The summed E-state index contributed by atoms with van der Waals surface area (Å²) < 4.78 is 2.27. The summed E-state index contributed by atoms with van der Waals surface area (Å²) >= 11 is 0. The lowest BCUT2D eigenvalue weighted by Gasteiger charge is -2.45. The summed E-state index contributed by atoms with van der Waals surface area (Å²) in [5, 5.41) is 4.96. The molecule has 3 nitrogen and oxygen atoms in total. The molecule has 0 fully saturated rings. The molecule has 0 radical (unpaired) electrons. The maximum atomic E-state index is 5.23. The van der Waals surface area contributed by atoms with E-state index in [2.05, 4.69) is 283 Å². The molecule has 0 atom stereocenters. The third-order valence-corrected chi connectivity index (χ3v) is 16.1. The maximum Gasteiger partial charge on any atom is 0.145 e. The molecule has 0 saturated carbocycles. The number of aromatic nitrogens is 2. The van der Waals surface area contributed by atoms with E-state index >= 15 is 0 Å². The van der Waals surface area contributed by atoms with Gasteiger partial charge in [-0.25, -0.2) is 4.98 Å². The van der Waals surface area contributed by atoms with Gasteiger partial charge in [-0.3, -0.25) is 4.57 Å². The van der Waals surface area contributed by atoms with Gasteiger partial charge in [0.2, 0.25) is 0 Å². The number of rotatable bonds is 7. The SMILES string of the molecule is C=C(c1ccc2c(c1)C1(c3cc(-c4c5ccccc5cc5ccccc45)ccc3-2)c2ccccc2N(c2ccc(-c3nc4ccccc4n3-c3ccccc3)cc2)c2ccccc21)c1ccccc1/C=C1/C=CC=CC1. The van der Waals surface area contributed by atoms with Crippen molar-refractivity contribution in [3.8, 4) is 39.3 Å². The van der Waals surface area contributed by atoms with Gasteiger partial charge in [0.15, 0.2) is 0 Å². The van der Waals surface area contributed by atoms with Gasteiger partial charge in [0.05, 0.1) is 27.8 Å². The number of nitrogens with zero attached hydrogens (tertiary/aromatic N) is 3. The Labute approximate surface area is 442 Å². The lowest BCUT2D eigenvalue weighted by atomic mass is 9.64. The molecule has 2 heterocycles. The average molecular weight is 968 g/mol. The number of hydrogen-bond acceptors (Lipinski definition) is 2. The third-order valence-electron chi connectivity index (χ3n) is 16.1. The largest absolute Gasteiger partial charge is 0.310 e. The zero-order valence-electron chi connectivity index (χ0n) is 41.7. The molecule has 356 valence electrons. The fraction of sp³-hybridized carbons (Fsp3) is 0.0274. The summed E-state index contributed by atoms with van der Waals surface area (Å²) in [6.45, 7) is 4.90. The number of imidazole rings is 1. The minimum Gasteiger partial charge on any atom is -0.310 e. The number of allylic oxidation sites excluding steroid dienone is 5. The minimum atomic E-state index is -0.706. The Morgan fingerprint density at radius 2 is 1.12 bits per heavy atom. The lowest BCUT2D eigenvalue weighted by molar-refractivity contribution is 0.752. The van der Waals surface area contributed by atoms with Crippen molar-refractivity contribution < 1.29 is 0 Å². The Morgan fingerprint density at radius 1 is 0.500 bits per heavy atom. The second-order valence-electron chi connectivity index (χ2n) is 20.3.